The maximum Gasteiger partial charge on any atom is 0.416 e. The van der Waals surface area contributed by atoms with Crippen LogP contribution in [0.15, 0.2) is 23.2 Å². The van der Waals surface area contributed by atoms with Crippen LogP contribution in [0.2, 0.25) is 0 Å². The number of rotatable bonds is 5. The van der Waals surface area contributed by atoms with Gasteiger partial charge < -0.3 is 15.5 Å². The minimum atomic E-state index is -4.65. The van der Waals surface area contributed by atoms with Crippen LogP contribution < -0.4 is 10.6 Å². The third-order valence-corrected chi connectivity index (χ3v) is 5.06. The molecule has 1 amide bonds. The van der Waals surface area contributed by atoms with Crippen molar-refractivity contribution in [3.63, 3.8) is 0 Å². The van der Waals surface area contributed by atoms with Gasteiger partial charge in [-0.15, -0.1) is 24.0 Å². The van der Waals surface area contributed by atoms with Crippen molar-refractivity contribution in [2.24, 2.45) is 10.4 Å². The molecule has 0 saturated heterocycles. The molecule has 164 valence electrons. The van der Waals surface area contributed by atoms with Gasteiger partial charge in [0.1, 0.15) is 5.82 Å². The lowest BCUT2D eigenvalue weighted by molar-refractivity contribution is -0.139. The molecule has 0 unspecified atom stereocenters. The summed E-state index contributed by atoms with van der Waals surface area (Å²) >= 11 is 0. The topological polar surface area (TPSA) is 56.7 Å². The van der Waals surface area contributed by atoms with Crippen molar-refractivity contribution in [3.05, 3.63) is 35.1 Å². The Hall–Kier alpha value is -1.59. The lowest BCUT2D eigenvalue weighted by Gasteiger charge is -2.31. The number of halogens is 5. The van der Waals surface area contributed by atoms with Gasteiger partial charge in [-0.2, -0.15) is 13.2 Å². The summed E-state index contributed by atoms with van der Waals surface area (Å²) in [6.07, 6.45) is -1.23. The fourth-order valence-corrected chi connectivity index (χ4v) is 3.61. The van der Waals surface area contributed by atoms with E-state index in [9.17, 15) is 22.4 Å². The number of hydrogen-bond donors (Lipinski definition) is 2. The van der Waals surface area contributed by atoms with E-state index < -0.39 is 23.0 Å². The van der Waals surface area contributed by atoms with Crippen molar-refractivity contribution < 1.29 is 22.4 Å². The van der Waals surface area contributed by atoms with Crippen LogP contribution in [0.4, 0.5) is 17.6 Å². The molecule has 0 radical (unpaired) electrons. The van der Waals surface area contributed by atoms with Gasteiger partial charge in [-0.1, -0.05) is 18.9 Å². The Morgan fingerprint density at radius 3 is 2.34 bits per heavy atom. The van der Waals surface area contributed by atoms with Crippen LogP contribution >= 0.6 is 24.0 Å². The molecule has 0 atom stereocenters. The van der Waals surface area contributed by atoms with Gasteiger partial charge in [0.05, 0.1) is 11.0 Å². The van der Waals surface area contributed by atoms with Gasteiger partial charge in [-0.05, 0) is 30.5 Å². The largest absolute Gasteiger partial charge is 0.416 e. The van der Waals surface area contributed by atoms with Gasteiger partial charge >= 0.3 is 6.18 Å². The van der Waals surface area contributed by atoms with E-state index in [0.29, 0.717) is 12.6 Å². The summed E-state index contributed by atoms with van der Waals surface area (Å²) in [5.74, 6) is -0.620. The molecule has 0 heterocycles. The fourth-order valence-electron chi connectivity index (χ4n) is 3.61. The average Bonchev–Trinajstić information content (AvgIpc) is 3.11. The van der Waals surface area contributed by atoms with Crippen molar-refractivity contribution >= 4 is 35.8 Å². The molecule has 1 aromatic carbocycles. The molecule has 1 saturated carbocycles. The molecule has 2 N–H and O–H groups in total. The molecule has 0 bridgehead atoms. The highest BCUT2D eigenvalue weighted by Crippen LogP contribution is 2.39. The second-order valence-corrected chi connectivity index (χ2v) is 7.27. The Kier molecular flexibility index (Phi) is 9.16. The summed E-state index contributed by atoms with van der Waals surface area (Å²) in [4.78, 5) is 18.2. The summed E-state index contributed by atoms with van der Waals surface area (Å²) in [7, 11) is 4.92. The first-order chi connectivity index (χ1) is 13.1. The van der Waals surface area contributed by atoms with E-state index >= 15 is 0 Å². The van der Waals surface area contributed by atoms with Crippen molar-refractivity contribution in [3.8, 4) is 0 Å². The Morgan fingerprint density at radius 2 is 1.83 bits per heavy atom. The molecule has 10 heteroatoms. The normalized spacial score (nSPS) is 16.2. The smallest absolute Gasteiger partial charge is 0.355 e. The van der Waals surface area contributed by atoms with Crippen LogP contribution in [-0.2, 0) is 17.5 Å². The predicted molar refractivity (Wildman–Crippen MR) is 115 cm³/mol. The summed E-state index contributed by atoms with van der Waals surface area (Å²) in [6, 6.07) is 2.58. The zero-order valence-corrected chi connectivity index (χ0v) is 19.0. The summed E-state index contributed by atoms with van der Waals surface area (Å²) < 4.78 is 52.6. The number of carbonyl (C=O) groups excluding carboxylic acids is 1. The third-order valence-electron chi connectivity index (χ3n) is 5.06. The van der Waals surface area contributed by atoms with E-state index in [0.717, 1.165) is 37.8 Å². The zero-order valence-electron chi connectivity index (χ0n) is 16.7. The van der Waals surface area contributed by atoms with Gasteiger partial charge in [-0.25, -0.2) is 4.39 Å². The second kappa shape index (κ2) is 10.4. The Labute approximate surface area is 185 Å². The molecule has 2 rings (SSSR count). The number of benzene rings is 1. The van der Waals surface area contributed by atoms with E-state index in [2.05, 4.69) is 15.6 Å². The van der Waals surface area contributed by atoms with Crippen LogP contribution in [0.25, 0.3) is 0 Å². The number of amides is 1. The van der Waals surface area contributed by atoms with E-state index in [-0.39, 0.29) is 48.0 Å². The van der Waals surface area contributed by atoms with Crippen LogP contribution in [0.3, 0.4) is 0 Å². The quantitative estimate of drug-likeness (QED) is 0.264. The molecule has 0 spiro atoms. The highest BCUT2D eigenvalue weighted by molar-refractivity contribution is 14.0. The van der Waals surface area contributed by atoms with Crippen LogP contribution in [0.1, 0.15) is 36.8 Å². The SMILES string of the molecule is CN=C(NCc1ccc(F)cc1C(F)(F)F)NCC1(C(=O)N(C)C)CCCC1.I. The first-order valence-corrected chi connectivity index (χ1v) is 9.11. The Balaban J connectivity index is 0.00000420. The lowest BCUT2D eigenvalue weighted by Crippen LogP contribution is -2.49. The molecular formula is C19H27F4IN4O. The molecule has 29 heavy (non-hydrogen) atoms. The summed E-state index contributed by atoms with van der Waals surface area (Å²) in [5, 5.41) is 5.88. The number of carbonyl (C=O) groups is 1. The van der Waals surface area contributed by atoms with Gasteiger partial charge in [0, 0.05) is 34.2 Å². The van der Waals surface area contributed by atoms with E-state index in [1.165, 1.54) is 7.05 Å². The maximum absolute atomic E-state index is 13.2. The van der Waals surface area contributed by atoms with E-state index in [1.54, 1.807) is 19.0 Å². The van der Waals surface area contributed by atoms with Crippen LogP contribution in [0.5, 0.6) is 0 Å². The van der Waals surface area contributed by atoms with Crippen molar-refractivity contribution in [1.82, 2.24) is 15.5 Å². The second-order valence-electron chi connectivity index (χ2n) is 7.27. The third kappa shape index (κ3) is 6.45. The summed E-state index contributed by atoms with van der Waals surface area (Å²) in [6.45, 7) is 0.169. The van der Waals surface area contributed by atoms with Gasteiger partial charge in [0.25, 0.3) is 0 Å². The van der Waals surface area contributed by atoms with E-state index in [4.69, 9.17) is 0 Å². The molecule has 1 aromatic rings. The highest BCUT2D eigenvalue weighted by Gasteiger charge is 2.42. The van der Waals surface area contributed by atoms with Gasteiger partial charge in [0.2, 0.25) is 5.91 Å². The monoisotopic (exact) mass is 530 g/mol. The number of nitrogens with one attached hydrogen (secondary N) is 2. The van der Waals surface area contributed by atoms with E-state index in [1.807, 2.05) is 0 Å². The Morgan fingerprint density at radius 1 is 1.21 bits per heavy atom. The number of nitrogens with zero attached hydrogens (tertiary/aromatic N) is 2. The molecule has 1 aliphatic rings. The first kappa shape index (κ1) is 25.4. The molecule has 0 aliphatic heterocycles. The molecule has 1 aliphatic carbocycles. The minimum Gasteiger partial charge on any atom is -0.355 e. The van der Waals surface area contributed by atoms with Gasteiger partial charge in [0.15, 0.2) is 5.96 Å². The maximum atomic E-state index is 13.2. The van der Waals surface area contributed by atoms with Crippen molar-refractivity contribution in [1.29, 1.82) is 0 Å². The first-order valence-electron chi connectivity index (χ1n) is 9.11. The summed E-state index contributed by atoms with van der Waals surface area (Å²) in [5.41, 5.74) is -1.64. The van der Waals surface area contributed by atoms with Crippen molar-refractivity contribution in [2.75, 3.05) is 27.7 Å². The number of guanidine groups is 1. The predicted octanol–water partition coefficient (Wildman–Crippen LogP) is 3.78. The average molecular weight is 530 g/mol. The van der Waals surface area contributed by atoms with Gasteiger partial charge in [-0.3, -0.25) is 9.79 Å². The minimum absolute atomic E-state index is 0. The number of hydrogen-bond acceptors (Lipinski definition) is 2. The zero-order chi connectivity index (χ0) is 20.9. The lowest BCUT2D eigenvalue weighted by atomic mass is 9.84. The number of alkyl halides is 3. The molecule has 5 nitrogen and oxygen atoms in total. The molecule has 0 aromatic heterocycles. The number of aliphatic imine (C=N–C) groups is 1. The van der Waals surface area contributed by atoms with Crippen LogP contribution in [-0.4, -0.2) is 44.5 Å². The Bertz CT molecular complexity index is 731. The van der Waals surface area contributed by atoms with Crippen molar-refractivity contribution in [2.45, 2.75) is 38.4 Å². The molecular weight excluding hydrogens is 503 g/mol. The van der Waals surface area contributed by atoms with Crippen LogP contribution in [0, 0.1) is 11.2 Å². The fraction of sp³-hybridized carbons (Fsp3) is 0.579. The standard InChI is InChI=1S/C19H26F4N4O.HI/c1-24-17(26-12-18(8-4-5-9-18)16(28)27(2)3)25-11-13-6-7-14(20)10-15(13)19(21,22)23;/h6-7,10H,4-5,8-9,11-12H2,1-3H3,(H2,24,25,26);1H. The highest BCUT2D eigenvalue weighted by atomic mass is 127. The molecule has 1 fully saturated rings.